The van der Waals surface area contributed by atoms with Gasteiger partial charge in [0.15, 0.2) is 0 Å². The molecular formula is C73H51N3. The molecule has 0 atom stereocenters. The lowest BCUT2D eigenvalue weighted by Gasteiger charge is -2.25. The van der Waals surface area contributed by atoms with E-state index in [1.807, 2.05) is 24.5 Å². The molecule has 1 fully saturated rings. The molecule has 4 aliphatic rings. The summed E-state index contributed by atoms with van der Waals surface area (Å²) in [7, 11) is 0. The number of nitrogens with zero attached hydrogens (tertiary/aromatic N) is 3. The molecule has 76 heavy (non-hydrogen) atoms. The van der Waals surface area contributed by atoms with Crippen LogP contribution in [0.25, 0.3) is 112 Å². The summed E-state index contributed by atoms with van der Waals surface area (Å²) >= 11 is 0. The minimum Gasteiger partial charge on any atom is -0.259 e. The zero-order chi connectivity index (χ0) is 50.4. The van der Waals surface area contributed by atoms with E-state index < -0.39 is 5.41 Å². The van der Waals surface area contributed by atoms with Crippen LogP contribution in [-0.2, 0) is 5.41 Å². The Bertz CT molecular complexity index is 3830. The highest BCUT2D eigenvalue weighted by Crippen LogP contribution is 2.56. The Kier molecular flexibility index (Phi) is 11.3. The molecule has 3 nitrogen and oxygen atoms in total. The van der Waals surface area contributed by atoms with Gasteiger partial charge in [-0.1, -0.05) is 237 Å². The van der Waals surface area contributed by atoms with Gasteiger partial charge in [-0.15, -0.1) is 0 Å². The van der Waals surface area contributed by atoms with Crippen LogP contribution in [0.15, 0.2) is 292 Å². The van der Waals surface area contributed by atoms with Gasteiger partial charge in [-0.2, -0.15) is 0 Å². The molecule has 0 spiro atoms. The van der Waals surface area contributed by atoms with E-state index in [-0.39, 0.29) is 0 Å². The van der Waals surface area contributed by atoms with E-state index in [0.717, 1.165) is 106 Å². The fourth-order valence-corrected chi connectivity index (χ4v) is 11.7. The molecule has 0 N–H and O–H groups in total. The highest BCUT2D eigenvalue weighted by molar-refractivity contribution is 5.96. The zero-order valence-corrected chi connectivity index (χ0v) is 41.8. The summed E-state index contributed by atoms with van der Waals surface area (Å²) in [5.74, 6) is 1.75. The van der Waals surface area contributed by atoms with Crippen molar-refractivity contribution in [3.05, 3.63) is 297 Å². The lowest BCUT2D eigenvalue weighted by molar-refractivity contribution is 0.813. The van der Waals surface area contributed by atoms with Crippen LogP contribution in [0.5, 0.6) is 0 Å². The zero-order valence-electron chi connectivity index (χ0n) is 41.8. The lowest BCUT2D eigenvalue weighted by atomic mass is 9.81. The third-order valence-electron chi connectivity index (χ3n) is 15.9. The summed E-state index contributed by atoms with van der Waals surface area (Å²) < 4.78 is 0. The summed E-state index contributed by atoms with van der Waals surface area (Å²) in [6, 6.07) is 84.9. The van der Waals surface area contributed by atoms with Crippen molar-refractivity contribution in [2.45, 2.75) is 5.41 Å². The summed E-state index contributed by atoms with van der Waals surface area (Å²) in [5, 5.41) is 0. The van der Waals surface area contributed by atoms with Gasteiger partial charge in [0.1, 0.15) is 0 Å². The normalized spacial score (nSPS) is 17.8. The Hall–Kier alpha value is -9.57. The quantitative estimate of drug-likeness (QED) is 0.121. The molecule has 0 aliphatic heterocycles. The maximum Gasteiger partial charge on any atom is 0.0702 e. The topological polar surface area (TPSA) is 38.7 Å². The molecule has 8 aromatic carbocycles. The fraction of sp³-hybridized carbons (Fsp3) is 0.0548. The van der Waals surface area contributed by atoms with Crippen molar-refractivity contribution in [1.29, 1.82) is 0 Å². The molecule has 3 aromatic heterocycles. The second kappa shape index (κ2) is 19.0. The Morgan fingerprint density at radius 1 is 0.237 bits per heavy atom. The van der Waals surface area contributed by atoms with E-state index in [1.165, 1.54) is 11.1 Å². The molecule has 358 valence electrons. The Labute approximate surface area is 444 Å². The smallest absolute Gasteiger partial charge is 0.0702 e. The van der Waals surface area contributed by atoms with Crippen molar-refractivity contribution in [3.8, 4) is 112 Å². The first-order valence-corrected chi connectivity index (χ1v) is 26.3. The predicted molar refractivity (Wildman–Crippen MR) is 314 cm³/mol. The van der Waals surface area contributed by atoms with Crippen molar-refractivity contribution in [1.82, 2.24) is 15.0 Å². The van der Waals surface area contributed by atoms with Crippen LogP contribution in [0.4, 0.5) is 0 Å². The molecule has 3 heterocycles. The molecule has 0 unspecified atom stereocenters. The number of benzene rings is 8. The number of allylic oxidation sites excluding steroid dienone is 6. The SMILES string of the molecule is C1=CC2(c3cc(-c4ccc(-c5ccccc5)cc4)c(-c4ccccc4-c4cc(-c5ccccc5-c5ccc(-c6ccccc6)nc5)cc(-c5ccccc5-c5ccc(-c6ccccc6)nc5)c4)cn3)C=CC3C1C3C=C2. The van der Waals surface area contributed by atoms with Crippen molar-refractivity contribution >= 4 is 0 Å². The van der Waals surface area contributed by atoms with Gasteiger partial charge >= 0.3 is 0 Å². The van der Waals surface area contributed by atoms with Crippen molar-refractivity contribution < 1.29 is 0 Å². The minimum atomic E-state index is -0.409. The Morgan fingerprint density at radius 2 is 0.592 bits per heavy atom. The van der Waals surface area contributed by atoms with Crippen LogP contribution in [0.3, 0.4) is 0 Å². The monoisotopic (exact) mass is 969 g/mol. The molecular weight excluding hydrogens is 919 g/mol. The minimum absolute atomic E-state index is 0.409. The molecule has 1 saturated carbocycles. The van der Waals surface area contributed by atoms with Crippen molar-refractivity contribution in [2.24, 2.45) is 17.8 Å². The molecule has 15 rings (SSSR count). The standard InChI is InChI=1S/C73H51N3/c1-4-16-49(17-5-1)50-28-30-51(31-29-50)68-45-72(73-39-36-65-66(37-40-73)67(65)38-41-73)76-48-69(68)64-27-15-14-26-63(64)58-43-56(61-24-12-10-22-59(61)54-32-34-70(74-46-54)52-18-6-2-7-19-52)42-57(44-58)62-25-13-11-23-60(62)55-33-35-71(75-47-55)53-20-8-3-9-21-53/h1-48,65-67H. The maximum atomic E-state index is 5.43. The van der Waals surface area contributed by atoms with E-state index in [0.29, 0.717) is 17.8 Å². The number of hydrogen-bond donors (Lipinski definition) is 0. The van der Waals surface area contributed by atoms with Crippen LogP contribution < -0.4 is 0 Å². The second-order valence-electron chi connectivity index (χ2n) is 20.3. The third-order valence-corrected chi connectivity index (χ3v) is 15.9. The number of aromatic nitrogens is 3. The summed E-state index contributed by atoms with van der Waals surface area (Å²) in [4.78, 5) is 15.4. The molecule has 0 saturated heterocycles. The van der Waals surface area contributed by atoms with Crippen LogP contribution >= 0.6 is 0 Å². The Morgan fingerprint density at radius 3 is 1.03 bits per heavy atom. The van der Waals surface area contributed by atoms with Gasteiger partial charge in [-0.05, 0) is 126 Å². The Balaban J connectivity index is 0.943. The van der Waals surface area contributed by atoms with Gasteiger partial charge in [0.2, 0.25) is 0 Å². The van der Waals surface area contributed by atoms with Crippen LogP contribution in [0.2, 0.25) is 0 Å². The van der Waals surface area contributed by atoms with Gasteiger partial charge in [-0.3, -0.25) is 15.0 Å². The predicted octanol–water partition coefficient (Wildman–Crippen LogP) is 18.3. The van der Waals surface area contributed by atoms with E-state index >= 15 is 0 Å². The van der Waals surface area contributed by atoms with E-state index in [9.17, 15) is 0 Å². The molecule has 3 heteroatoms. The van der Waals surface area contributed by atoms with Gasteiger partial charge in [0.05, 0.1) is 22.5 Å². The average Bonchev–Trinajstić information content (AvgIpc) is 4.31. The fourth-order valence-electron chi connectivity index (χ4n) is 11.7. The largest absolute Gasteiger partial charge is 0.259 e. The number of pyridine rings is 3. The first kappa shape index (κ1) is 45.1. The summed E-state index contributed by atoms with van der Waals surface area (Å²) in [6.45, 7) is 0. The maximum absolute atomic E-state index is 5.43. The highest BCUT2D eigenvalue weighted by Gasteiger charge is 2.49. The van der Waals surface area contributed by atoms with Crippen molar-refractivity contribution in [2.75, 3.05) is 0 Å². The van der Waals surface area contributed by atoms with Gasteiger partial charge in [-0.25, -0.2) is 0 Å². The number of rotatable bonds is 11. The average molecular weight is 970 g/mol. The summed E-state index contributed by atoms with van der Waals surface area (Å²) in [5.41, 5.74) is 22.6. The van der Waals surface area contributed by atoms with Crippen LogP contribution in [-0.4, -0.2) is 15.0 Å². The number of hydrogen-bond acceptors (Lipinski definition) is 3. The first-order valence-electron chi connectivity index (χ1n) is 26.3. The molecule has 11 aromatic rings. The van der Waals surface area contributed by atoms with Gasteiger partial charge < -0.3 is 0 Å². The summed E-state index contributed by atoms with van der Waals surface area (Å²) in [6.07, 6.45) is 20.6. The molecule has 4 aliphatic carbocycles. The van der Waals surface area contributed by atoms with E-state index in [4.69, 9.17) is 15.0 Å². The highest BCUT2D eigenvalue weighted by atomic mass is 14.7. The van der Waals surface area contributed by atoms with Crippen molar-refractivity contribution in [3.63, 3.8) is 0 Å². The van der Waals surface area contributed by atoms with Gasteiger partial charge in [0.25, 0.3) is 0 Å². The van der Waals surface area contributed by atoms with Gasteiger partial charge in [0, 0.05) is 46.4 Å². The van der Waals surface area contributed by atoms with E-state index in [2.05, 4.69) is 267 Å². The third kappa shape index (κ3) is 8.33. The van der Waals surface area contributed by atoms with Crippen LogP contribution in [0.1, 0.15) is 5.69 Å². The van der Waals surface area contributed by atoms with Crippen LogP contribution in [0, 0.1) is 17.8 Å². The molecule has 4 bridgehead atoms. The van der Waals surface area contributed by atoms with E-state index in [1.54, 1.807) is 0 Å². The second-order valence-corrected chi connectivity index (χ2v) is 20.3. The molecule has 0 radical (unpaired) electrons. The molecule has 0 amide bonds. The lowest BCUT2D eigenvalue weighted by Crippen LogP contribution is -2.19. The first-order chi connectivity index (χ1) is 37.6.